The minimum absolute atomic E-state index is 0.169. The van der Waals surface area contributed by atoms with Gasteiger partial charge in [0.05, 0.1) is 22.6 Å². The molecule has 0 spiro atoms. The summed E-state index contributed by atoms with van der Waals surface area (Å²) in [6, 6.07) is 34.0. The molecule has 0 bridgehead atoms. The zero-order valence-electron chi connectivity index (χ0n) is 21.6. The second kappa shape index (κ2) is 12.1. The summed E-state index contributed by atoms with van der Waals surface area (Å²) in [6.07, 6.45) is 0.667. The van der Waals surface area contributed by atoms with E-state index in [1.54, 1.807) is 15.5 Å². The zero-order valence-corrected chi connectivity index (χ0v) is 23.2. The molecular weight excluding hydrogens is 552 g/mol. The number of nitrogens with one attached hydrogen (secondary N) is 1. The molecule has 1 aromatic heterocycles. The molecule has 5 rings (SSSR count). The van der Waals surface area contributed by atoms with Crippen molar-refractivity contribution >= 4 is 32.9 Å². The maximum absolute atomic E-state index is 13.8. The van der Waals surface area contributed by atoms with Crippen LogP contribution in [0.2, 0.25) is 0 Å². The van der Waals surface area contributed by atoms with Crippen molar-refractivity contribution in [2.24, 2.45) is 0 Å². The van der Waals surface area contributed by atoms with E-state index >= 15 is 0 Å². The topological polar surface area (TPSA) is 67.2 Å². The van der Waals surface area contributed by atoms with Gasteiger partial charge in [-0.3, -0.25) is 9.36 Å². The number of carbonyl (C=O) groups excluding carboxylic acids is 1. The Kier molecular flexibility index (Phi) is 8.18. The molecule has 1 heterocycles. The van der Waals surface area contributed by atoms with Crippen molar-refractivity contribution in [2.45, 2.75) is 25.9 Å². The van der Waals surface area contributed by atoms with Crippen LogP contribution in [-0.4, -0.2) is 27.0 Å². The smallest absolute Gasteiger partial charge is 0.318 e. The Labute approximate surface area is 236 Å². The number of benzene rings is 4. The highest BCUT2D eigenvalue weighted by Gasteiger charge is 2.27. The first kappa shape index (κ1) is 26.4. The minimum Gasteiger partial charge on any atom is -0.334 e. The van der Waals surface area contributed by atoms with Gasteiger partial charge < -0.3 is 10.2 Å². The van der Waals surface area contributed by atoms with E-state index in [2.05, 4.69) is 33.4 Å². The zero-order chi connectivity index (χ0) is 27.2. The number of hydrogen-bond donors (Lipinski definition) is 1. The van der Waals surface area contributed by atoms with E-state index in [1.807, 2.05) is 97.9 Å². The molecule has 0 radical (unpaired) electrons. The Bertz CT molecular complexity index is 1620. The normalized spacial score (nSPS) is 11.7. The summed E-state index contributed by atoms with van der Waals surface area (Å²) < 4.78 is 2.53. The second-order valence-corrected chi connectivity index (χ2v) is 10.3. The molecule has 196 valence electrons. The summed E-state index contributed by atoms with van der Waals surface area (Å²) in [6.45, 7) is 2.78. The van der Waals surface area contributed by atoms with E-state index in [4.69, 9.17) is 4.98 Å². The van der Waals surface area contributed by atoms with E-state index < -0.39 is 6.04 Å². The number of amides is 2. The molecule has 0 saturated carbocycles. The third-order valence-electron chi connectivity index (χ3n) is 6.76. The van der Waals surface area contributed by atoms with Gasteiger partial charge in [0.15, 0.2) is 0 Å². The molecule has 1 N–H and O–H groups in total. The number of hydrogen-bond acceptors (Lipinski definition) is 3. The van der Waals surface area contributed by atoms with Crippen LogP contribution in [0.3, 0.4) is 0 Å². The minimum atomic E-state index is -0.495. The summed E-state index contributed by atoms with van der Waals surface area (Å²) in [5.41, 5.74) is 3.26. The molecule has 0 saturated heterocycles. The van der Waals surface area contributed by atoms with Crippen molar-refractivity contribution in [1.82, 2.24) is 19.8 Å². The summed E-state index contributed by atoms with van der Waals surface area (Å²) >= 11 is 3.48. The predicted molar refractivity (Wildman–Crippen MR) is 159 cm³/mol. The van der Waals surface area contributed by atoms with Crippen LogP contribution in [0, 0.1) is 0 Å². The molecule has 6 nitrogen and oxygen atoms in total. The third kappa shape index (κ3) is 6.10. The van der Waals surface area contributed by atoms with Crippen LogP contribution in [-0.2, 0) is 13.0 Å². The van der Waals surface area contributed by atoms with E-state index in [0.717, 1.165) is 15.6 Å². The van der Waals surface area contributed by atoms with Crippen LogP contribution in [0.4, 0.5) is 4.79 Å². The molecule has 39 heavy (non-hydrogen) atoms. The number of aromatic nitrogens is 2. The fourth-order valence-corrected chi connectivity index (χ4v) is 4.91. The Hall–Kier alpha value is -4.23. The van der Waals surface area contributed by atoms with Gasteiger partial charge in [0.25, 0.3) is 5.56 Å². The molecule has 7 heteroatoms. The van der Waals surface area contributed by atoms with Gasteiger partial charge in [0.1, 0.15) is 5.82 Å². The van der Waals surface area contributed by atoms with Crippen LogP contribution in [0.1, 0.15) is 29.9 Å². The van der Waals surface area contributed by atoms with Gasteiger partial charge in [-0.25, -0.2) is 9.78 Å². The predicted octanol–water partition coefficient (Wildman–Crippen LogP) is 6.66. The maximum Gasteiger partial charge on any atom is 0.318 e. The highest BCUT2D eigenvalue weighted by atomic mass is 79.9. The summed E-state index contributed by atoms with van der Waals surface area (Å²) in [5, 5.41) is 3.60. The van der Waals surface area contributed by atoms with Crippen molar-refractivity contribution in [3.63, 3.8) is 0 Å². The Morgan fingerprint density at radius 1 is 0.872 bits per heavy atom. The quantitative estimate of drug-likeness (QED) is 0.223. The number of urea groups is 1. The molecule has 2 amide bonds. The van der Waals surface area contributed by atoms with Gasteiger partial charge in [-0.05, 0) is 60.9 Å². The molecule has 0 aliphatic rings. The average molecular weight is 582 g/mol. The maximum atomic E-state index is 13.8. The highest BCUT2D eigenvalue weighted by molar-refractivity contribution is 9.10. The fraction of sp³-hybridized carbons (Fsp3) is 0.156. The van der Waals surface area contributed by atoms with Crippen molar-refractivity contribution < 1.29 is 4.79 Å². The lowest BCUT2D eigenvalue weighted by Gasteiger charge is -2.31. The van der Waals surface area contributed by atoms with E-state index in [0.29, 0.717) is 41.9 Å². The van der Waals surface area contributed by atoms with E-state index in [1.165, 1.54) is 0 Å². The van der Waals surface area contributed by atoms with Crippen LogP contribution in [0.15, 0.2) is 118 Å². The van der Waals surface area contributed by atoms with Crippen molar-refractivity contribution in [3.8, 4) is 5.69 Å². The van der Waals surface area contributed by atoms with E-state index in [-0.39, 0.29) is 11.6 Å². The van der Waals surface area contributed by atoms with Gasteiger partial charge in [-0.2, -0.15) is 0 Å². The Morgan fingerprint density at radius 3 is 2.18 bits per heavy atom. The molecule has 0 aliphatic heterocycles. The lowest BCUT2D eigenvalue weighted by Crippen LogP contribution is -2.44. The van der Waals surface area contributed by atoms with Crippen molar-refractivity contribution in [3.05, 3.63) is 141 Å². The van der Waals surface area contributed by atoms with Crippen LogP contribution >= 0.6 is 15.9 Å². The summed E-state index contributed by atoms with van der Waals surface area (Å²) in [5.74, 6) is 0.504. The first-order valence-electron chi connectivity index (χ1n) is 12.9. The fourth-order valence-electron chi connectivity index (χ4n) is 4.65. The van der Waals surface area contributed by atoms with E-state index in [9.17, 15) is 9.59 Å². The van der Waals surface area contributed by atoms with Crippen LogP contribution in [0.25, 0.3) is 16.6 Å². The number of rotatable bonds is 8. The van der Waals surface area contributed by atoms with Gasteiger partial charge in [-0.15, -0.1) is 0 Å². The van der Waals surface area contributed by atoms with Crippen LogP contribution < -0.4 is 10.9 Å². The number of para-hydroxylation sites is 1. The van der Waals surface area contributed by atoms with Crippen LogP contribution in [0.5, 0.6) is 0 Å². The number of nitrogens with zero attached hydrogens (tertiary/aromatic N) is 3. The third-order valence-corrected chi connectivity index (χ3v) is 7.29. The van der Waals surface area contributed by atoms with Crippen molar-refractivity contribution in [1.29, 1.82) is 0 Å². The molecule has 4 aromatic carbocycles. The molecule has 0 fully saturated rings. The SMILES string of the molecule is CC(c1nc2ccccc2c(=O)n1-c1ccc(Br)cc1)N(CCc1ccccc1)C(=O)NCc1ccccc1. The Balaban J connectivity index is 1.55. The lowest BCUT2D eigenvalue weighted by atomic mass is 10.1. The second-order valence-electron chi connectivity index (χ2n) is 9.35. The first-order valence-corrected chi connectivity index (χ1v) is 13.7. The Morgan fingerprint density at radius 2 is 1.49 bits per heavy atom. The van der Waals surface area contributed by atoms with Gasteiger partial charge in [0, 0.05) is 17.6 Å². The van der Waals surface area contributed by atoms with Gasteiger partial charge >= 0.3 is 6.03 Å². The first-order chi connectivity index (χ1) is 19.0. The van der Waals surface area contributed by atoms with Gasteiger partial charge in [0.2, 0.25) is 0 Å². The van der Waals surface area contributed by atoms with Crippen molar-refractivity contribution in [2.75, 3.05) is 6.54 Å². The highest BCUT2D eigenvalue weighted by Crippen LogP contribution is 2.24. The average Bonchev–Trinajstić information content (AvgIpc) is 2.98. The number of fused-ring (bicyclic) bond motifs is 1. The molecule has 0 aliphatic carbocycles. The molecule has 5 aromatic rings. The monoisotopic (exact) mass is 580 g/mol. The molecule has 1 atom stereocenters. The molecule has 1 unspecified atom stereocenters. The summed E-state index contributed by atoms with van der Waals surface area (Å²) in [7, 11) is 0. The summed E-state index contributed by atoms with van der Waals surface area (Å²) in [4.78, 5) is 34.2. The number of halogens is 1. The lowest BCUT2D eigenvalue weighted by molar-refractivity contribution is 0.176. The van der Waals surface area contributed by atoms with Gasteiger partial charge in [-0.1, -0.05) is 88.7 Å². The largest absolute Gasteiger partial charge is 0.334 e. The number of carbonyl (C=O) groups is 1. The standard InChI is InChI=1S/C32H29BrN4O2/c1-23(30-35-29-15-9-8-14-28(29)31(38)37(30)27-18-16-26(33)17-19-27)36(21-20-24-10-4-2-5-11-24)32(39)34-22-25-12-6-3-7-13-25/h2-19,23H,20-22H2,1H3,(H,34,39). The molecular formula is C32H29BrN4O2.